The van der Waals surface area contributed by atoms with Crippen molar-refractivity contribution in [2.24, 2.45) is 7.05 Å². The fourth-order valence-electron chi connectivity index (χ4n) is 1.55. The van der Waals surface area contributed by atoms with Crippen molar-refractivity contribution < 1.29 is 14.4 Å². The van der Waals surface area contributed by atoms with Crippen LogP contribution in [0.25, 0.3) is 0 Å². The molecule has 8 nitrogen and oxygen atoms in total. The molecule has 0 spiro atoms. The van der Waals surface area contributed by atoms with Gasteiger partial charge in [-0.05, 0) is 6.92 Å². The molecule has 2 N–H and O–H groups in total. The van der Waals surface area contributed by atoms with Crippen LogP contribution in [-0.4, -0.2) is 43.2 Å². The van der Waals surface area contributed by atoms with Gasteiger partial charge in [0.05, 0.1) is 12.2 Å². The number of thioether (sulfide) groups is 1. The van der Waals surface area contributed by atoms with Crippen LogP contribution in [0.4, 0.5) is 0 Å². The first-order valence-corrected chi connectivity index (χ1v) is 6.93. The highest BCUT2D eigenvalue weighted by atomic mass is 32.2. The zero-order valence-electron chi connectivity index (χ0n) is 11.2. The SMILES string of the molecule is Cc1onc(C(=O)NCCSc2nncn2C)c1CO. The number of aliphatic hydroxyl groups excluding tert-OH is 1. The minimum atomic E-state index is -0.357. The molecule has 0 saturated carbocycles. The number of hydrogen-bond acceptors (Lipinski definition) is 7. The highest BCUT2D eigenvalue weighted by Crippen LogP contribution is 2.14. The van der Waals surface area contributed by atoms with Crippen LogP contribution < -0.4 is 5.32 Å². The summed E-state index contributed by atoms with van der Waals surface area (Å²) < 4.78 is 6.69. The van der Waals surface area contributed by atoms with E-state index in [1.807, 2.05) is 7.05 Å². The maximum Gasteiger partial charge on any atom is 0.273 e. The number of amides is 1. The van der Waals surface area contributed by atoms with Crippen LogP contribution in [0.5, 0.6) is 0 Å². The second-order valence-corrected chi connectivity index (χ2v) is 5.11. The minimum absolute atomic E-state index is 0.133. The normalized spacial score (nSPS) is 10.8. The van der Waals surface area contributed by atoms with Crippen molar-refractivity contribution in [3.8, 4) is 0 Å². The summed E-state index contributed by atoms with van der Waals surface area (Å²) in [5.74, 6) is 0.749. The molecule has 9 heteroatoms. The van der Waals surface area contributed by atoms with Crippen LogP contribution in [0, 0.1) is 6.92 Å². The fraction of sp³-hybridized carbons (Fsp3) is 0.455. The molecule has 2 heterocycles. The molecule has 0 bridgehead atoms. The minimum Gasteiger partial charge on any atom is -0.391 e. The Morgan fingerprint density at radius 2 is 2.40 bits per heavy atom. The third-order valence-corrected chi connectivity index (χ3v) is 3.68. The standard InChI is InChI=1S/C11H15N5O3S/c1-7-8(5-17)9(15-19-7)10(18)12-3-4-20-11-14-13-6-16(11)2/h6,17H,3-5H2,1-2H3,(H,12,18). The average Bonchev–Trinajstić information content (AvgIpc) is 3.00. The Bertz CT molecular complexity index is 595. The number of rotatable bonds is 6. The summed E-state index contributed by atoms with van der Waals surface area (Å²) in [6.07, 6.45) is 1.62. The molecule has 0 aliphatic carbocycles. The molecule has 0 aliphatic rings. The number of aliphatic hydroxyl groups is 1. The van der Waals surface area contributed by atoms with Crippen molar-refractivity contribution in [3.05, 3.63) is 23.3 Å². The van der Waals surface area contributed by atoms with Crippen LogP contribution >= 0.6 is 11.8 Å². The number of carbonyl (C=O) groups is 1. The molecule has 2 rings (SSSR count). The van der Waals surface area contributed by atoms with Gasteiger partial charge in [-0.3, -0.25) is 4.79 Å². The summed E-state index contributed by atoms with van der Waals surface area (Å²) in [5.41, 5.74) is 0.553. The van der Waals surface area contributed by atoms with Gasteiger partial charge in [-0.2, -0.15) is 0 Å². The molecule has 20 heavy (non-hydrogen) atoms. The Balaban J connectivity index is 1.82. The average molecular weight is 297 g/mol. The van der Waals surface area contributed by atoms with Crippen LogP contribution in [0.1, 0.15) is 21.8 Å². The maximum absolute atomic E-state index is 11.9. The molecular weight excluding hydrogens is 282 g/mol. The smallest absolute Gasteiger partial charge is 0.273 e. The molecule has 0 aliphatic heterocycles. The molecule has 0 radical (unpaired) electrons. The van der Waals surface area contributed by atoms with Crippen LogP contribution in [0.3, 0.4) is 0 Å². The van der Waals surface area contributed by atoms with Crippen LogP contribution in [0.15, 0.2) is 16.0 Å². The predicted octanol–water partition coefficient (Wildman–Crippen LogP) is 0.126. The third-order valence-electron chi connectivity index (χ3n) is 2.65. The Kier molecular flexibility index (Phi) is 4.74. The molecule has 108 valence electrons. The van der Waals surface area contributed by atoms with Gasteiger partial charge < -0.3 is 19.5 Å². The first kappa shape index (κ1) is 14.5. The van der Waals surface area contributed by atoms with Crippen molar-refractivity contribution in [2.45, 2.75) is 18.7 Å². The summed E-state index contributed by atoms with van der Waals surface area (Å²) in [6, 6.07) is 0. The van der Waals surface area contributed by atoms with E-state index in [1.54, 1.807) is 17.8 Å². The van der Waals surface area contributed by atoms with Crippen LogP contribution in [-0.2, 0) is 13.7 Å². The number of hydrogen-bond donors (Lipinski definition) is 2. The van der Waals surface area contributed by atoms with Crippen molar-refractivity contribution in [2.75, 3.05) is 12.3 Å². The summed E-state index contributed by atoms with van der Waals surface area (Å²) in [5, 5.41) is 24.0. The van der Waals surface area contributed by atoms with E-state index in [0.29, 0.717) is 23.6 Å². The van der Waals surface area contributed by atoms with E-state index in [4.69, 9.17) is 9.63 Å². The molecule has 2 aromatic rings. The lowest BCUT2D eigenvalue weighted by Gasteiger charge is -2.03. The maximum atomic E-state index is 11.9. The molecule has 0 aromatic carbocycles. The van der Waals surface area contributed by atoms with E-state index in [-0.39, 0.29) is 18.2 Å². The van der Waals surface area contributed by atoms with E-state index in [2.05, 4.69) is 20.7 Å². The summed E-state index contributed by atoms with van der Waals surface area (Å²) in [7, 11) is 1.85. The third kappa shape index (κ3) is 3.17. The van der Waals surface area contributed by atoms with Crippen molar-refractivity contribution in [1.82, 2.24) is 25.2 Å². The number of aryl methyl sites for hydroxylation is 2. The van der Waals surface area contributed by atoms with E-state index in [0.717, 1.165) is 5.16 Å². The zero-order chi connectivity index (χ0) is 14.5. The lowest BCUT2D eigenvalue weighted by molar-refractivity contribution is 0.0944. The Morgan fingerprint density at radius 1 is 1.60 bits per heavy atom. The van der Waals surface area contributed by atoms with Crippen LogP contribution in [0.2, 0.25) is 0 Å². The second-order valence-electron chi connectivity index (χ2n) is 4.05. The van der Waals surface area contributed by atoms with Crippen molar-refractivity contribution in [1.29, 1.82) is 0 Å². The zero-order valence-corrected chi connectivity index (χ0v) is 12.0. The largest absolute Gasteiger partial charge is 0.391 e. The topological polar surface area (TPSA) is 106 Å². The Labute approximate surface area is 119 Å². The molecule has 2 aromatic heterocycles. The van der Waals surface area contributed by atoms with E-state index >= 15 is 0 Å². The summed E-state index contributed by atoms with van der Waals surface area (Å²) in [6.45, 7) is 1.83. The number of carbonyl (C=O) groups excluding carboxylic acids is 1. The van der Waals surface area contributed by atoms with Gasteiger partial charge in [0.15, 0.2) is 10.9 Å². The number of nitrogens with zero attached hydrogens (tertiary/aromatic N) is 4. The monoisotopic (exact) mass is 297 g/mol. The van der Waals surface area contributed by atoms with Gasteiger partial charge in [0, 0.05) is 19.3 Å². The van der Waals surface area contributed by atoms with Gasteiger partial charge in [-0.1, -0.05) is 16.9 Å². The van der Waals surface area contributed by atoms with E-state index in [1.165, 1.54) is 11.8 Å². The van der Waals surface area contributed by atoms with E-state index < -0.39 is 0 Å². The fourth-order valence-corrected chi connectivity index (χ4v) is 2.29. The number of nitrogens with one attached hydrogen (secondary N) is 1. The van der Waals surface area contributed by atoms with Gasteiger partial charge in [0.1, 0.15) is 12.1 Å². The van der Waals surface area contributed by atoms with Gasteiger partial charge in [0.25, 0.3) is 5.91 Å². The molecule has 1 amide bonds. The summed E-state index contributed by atoms with van der Waals surface area (Å²) in [4.78, 5) is 11.9. The molecule has 0 fully saturated rings. The molecule has 0 unspecified atom stereocenters. The van der Waals surface area contributed by atoms with Gasteiger partial charge in [-0.25, -0.2) is 0 Å². The van der Waals surface area contributed by atoms with E-state index in [9.17, 15) is 4.79 Å². The van der Waals surface area contributed by atoms with Crippen molar-refractivity contribution in [3.63, 3.8) is 0 Å². The highest BCUT2D eigenvalue weighted by Gasteiger charge is 2.18. The lowest BCUT2D eigenvalue weighted by atomic mass is 10.2. The first-order valence-electron chi connectivity index (χ1n) is 5.94. The first-order chi connectivity index (χ1) is 9.63. The molecule has 0 atom stereocenters. The van der Waals surface area contributed by atoms with Gasteiger partial charge in [-0.15, -0.1) is 10.2 Å². The molecular formula is C11H15N5O3S. The lowest BCUT2D eigenvalue weighted by Crippen LogP contribution is -2.27. The van der Waals surface area contributed by atoms with Crippen molar-refractivity contribution >= 4 is 17.7 Å². The predicted molar refractivity (Wildman–Crippen MR) is 71.2 cm³/mol. The van der Waals surface area contributed by atoms with Gasteiger partial charge >= 0.3 is 0 Å². The summed E-state index contributed by atoms with van der Waals surface area (Å²) >= 11 is 1.49. The molecule has 0 saturated heterocycles. The quantitative estimate of drug-likeness (QED) is 0.576. The Morgan fingerprint density at radius 3 is 3.05 bits per heavy atom. The number of aromatic nitrogens is 4. The van der Waals surface area contributed by atoms with Gasteiger partial charge in [0.2, 0.25) is 0 Å². The second kappa shape index (κ2) is 6.53. The highest BCUT2D eigenvalue weighted by molar-refractivity contribution is 7.99. The Hall–Kier alpha value is -1.87.